The molecule has 2 rings (SSSR count). The molecule has 0 fully saturated rings. The van der Waals surface area contributed by atoms with E-state index in [9.17, 15) is 4.79 Å². The summed E-state index contributed by atoms with van der Waals surface area (Å²) in [6.45, 7) is 0. The lowest BCUT2D eigenvalue weighted by Gasteiger charge is -2.01. The third kappa shape index (κ3) is 1.99. The Bertz CT molecular complexity index is 505. The summed E-state index contributed by atoms with van der Waals surface area (Å²) in [4.78, 5) is 11.4. The first-order valence-corrected chi connectivity index (χ1v) is 5.39. The van der Waals surface area contributed by atoms with Crippen LogP contribution in [0.4, 0.5) is 0 Å². The molecule has 0 spiro atoms. The maximum Gasteiger partial charge on any atom is 0.341 e. The lowest BCUT2D eigenvalue weighted by molar-refractivity contribution is 0.0601. The summed E-state index contributed by atoms with van der Waals surface area (Å²) in [5.74, 6) is -0.397. The highest BCUT2D eigenvalue weighted by molar-refractivity contribution is 9.10. The minimum atomic E-state index is -0.397. The molecule has 1 N–H and O–H groups in total. The molecule has 0 bridgehead atoms. The quantitative estimate of drug-likeness (QED) is 0.861. The molecular weight excluding hydrogens is 272 g/mol. The first-order chi connectivity index (χ1) is 7.72. The zero-order valence-corrected chi connectivity index (χ0v) is 10.1. The van der Waals surface area contributed by atoms with Crippen LogP contribution in [0.2, 0.25) is 0 Å². The number of aromatic nitrogens is 2. The number of nitrogens with one attached hydrogen (secondary N) is 1. The summed E-state index contributed by atoms with van der Waals surface area (Å²) in [6.07, 6.45) is 1.46. The molecule has 0 radical (unpaired) electrons. The smallest absolute Gasteiger partial charge is 0.341 e. The van der Waals surface area contributed by atoms with Crippen molar-refractivity contribution in [2.75, 3.05) is 7.11 Å². The summed E-state index contributed by atoms with van der Waals surface area (Å²) in [5.41, 5.74) is 1.99. The number of benzene rings is 1. The van der Waals surface area contributed by atoms with Crippen LogP contribution in [0, 0.1) is 0 Å². The van der Waals surface area contributed by atoms with Gasteiger partial charge < -0.3 is 4.74 Å². The van der Waals surface area contributed by atoms with Crippen molar-refractivity contribution in [2.24, 2.45) is 0 Å². The molecule has 4 nitrogen and oxygen atoms in total. The number of H-pyrrole nitrogens is 1. The van der Waals surface area contributed by atoms with Crippen LogP contribution in [0.5, 0.6) is 0 Å². The molecule has 1 heterocycles. The topological polar surface area (TPSA) is 55.0 Å². The van der Waals surface area contributed by atoms with Gasteiger partial charge in [0, 0.05) is 10.0 Å². The molecule has 0 aliphatic carbocycles. The second kappa shape index (κ2) is 4.49. The molecule has 82 valence electrons. The van der Waals surface area contributed by atoms with Crippen molar-refractivity contribution in [3.05, 3.63) is 40.5 Å². The van der Waals surface area contributed by atoms with Crippen LogP contribution in [-0.4, -0.2) is 23.3 Å². The van der Waals surface area contributed by atoms with Crippen LogP contribution in [0.1, 0.15) is 10.4 Å². The minimum absolute atomic E-state index is 0.397. The zero-order valence-electron chi connectivity index (χ0n) is 8.53. The van der Waals surface area contributed by atoms with Gasteiger partial charge in [-0.2, -0.15) is 5.10 Å². The average molecular weight is 281 g/mol. The summed E-state index contributed by atoms with van der Waals surface area (Å²) in [6, 6.07) is 7.59. The molecule has 5 heteroatoms. The normalized spacial score (nSPS) is 10.1. The summed E-state index contributed by atoms with van der Waals surface area (Å²) in [7, 11) is 1.35. The van der Waals surface area contributed by atoms with E-state index in [1.54, 1.807) is 0 Å². The van der Waals surface area contributed by atoms with Gasteiger partial charge in [0.25, 0.3) is 0 Å². The fourth-order valence-corrected chi connectivity index (χ4v) is 1.65. The first-order valence-electron chi connectivity index (χ1n) is 4.60. The number of rotatable bonds is 2. The van der Waals surface area contributed by atoms with Crippen molar-refractivity contribution < 1.29 is 9.53 Å². The van der Waals surface area contributed by atoms with E-state index in [2.05, 4.69) is 30.9 Å². The number of aromatic amines is 1. The van der Waals surface area contributed by atoms with Crippen LogP contribution in [0.3, 0.4) is 0 Å². The van der Waals surface area contributed by atoms with Crippen LogP contribution < -0.4 is 0 Å². The number of methoxy groups -OCH3 is 1. The Balaban J connectivity index is 2.44. The Kier molecular flexibility index (Phi) is 3.05. The monoisotopic (exact) mass is 280 g/mol. The van der Waals surface area contributed by atoms with E-state index in [1.807, 2.05) is 24.3 Å². The van der Waals surface area contributed by atoms with Crippen LogP contribution >= 0.6 is 15.9 Å². The maximum absolute atomic E-state index is 11.4. The van der Waals surface area contributed by atoms with Gasteiger partial charge in [-0.3, -0.25) is 5.10 Å². The lowest BCUT2D eigenvalue weighted by Crippen LogP contribution is -2.01. The van der Waals surface area contributed by atoms with Gasteiger partial charge in [-0.1, -0.05) is 28.1 Å². The molecule has 1 aromatic heterocycles. The van der Waals surface area contributed by atoms with Gasteiger partial charge in [-0.05, 0) is 12.1 Å². The molecule has 0 aliphatic heterocycles. The molecule has 0 aliphatic rings. The molecule has 0 atom stereocenters. The van der Waals surface area contributed by atoms with E-state index < -0.39 is 5.97 Å². The Morgan fingerprint density at radius 3 is 2.69 bits per heavy atom. The summed E-state index contributed by atoms with van der Waals surface area (Å²) >= 11 is 3.35. The second-order valence-corrected chi connectivity index (χ2v) is 4.07. The van der Waals surface area contributed by atoms with E-state index >= 15 is 0 Å². The predicted octanol–water partition coefficient (Wildman–Crippen LogP) is 2.63. The summed E-state index contributed by atoms with van der Waals surface area (Å²) in [5, 5.41) is 6.64. The fraction of sp³-hybridized carbons (Fsp3) is 0.0909. The van der Waals surface area contributed by atoms with Crippen molar-refractivity contribution in [1.82, 2.24) is 10.2 Å². The number of halogens is 1. The van der Waals surface area contributed by atoms with Gasteiger partial charge in [-0.25, -0.2) is 4.79 Å². The van der Waals surface area contributed by atoms with Gasteiger partial charge in [-0.15, -0.1) is 0 Å². The maximum atomic E-state index is 11.4. The van der Waals surface area contributed by atoms with E-state index in [-0.39, 0.29) is 0 Å². The fourth-order valence-electron chi connectivity index (χ4n) is 1.39. The average Bonchev–Trinajstić information content (AvgIpc) is 2.78. The van der Waals surface area contributed by atoms with Gasteiger partial charge >= 0.3 is 5.97 Å². The van der Waals surface area contributed by atoms with E-state index in [0.29, 0.717) is 11.3 Å². The van der Waals surface area contributed by atoms with Crippen molar-refractivity contribution in [2.45, 2.75) is 0 Å². The number of hydrogen-bond donors (Lipinski definition) is 1. The van der Waals surface area contributed by atoms with Crippen molar-refractivity contribution in [3.8, 4) is 11.3 Å². The highest BCUT2D eigenvalue weighted by Gasteiger charge is 2.15. The first kappa shape index (κ1) is 10.9. The third-order valence-corrected chi connectivity index (χ3v) is 2.71. The largest absolute Gasteiger partial charge is 0.465 e. The number of hydrogen-bond acceptors (Lipinski definition) is 3. The standard InChI is InChI=1S/C11H9BrN2O2/c1-16-11(15)9-6-13-14-10(9)7-2-4-8(12)5-3-7/h2-6H,1H3,(H,13,14). The molecule has 0 saturated heterocycles. The number of carbonyl (C=O) groups excluding carboxylic acids is 1. The molecular formula is C11H9BrN2O2. The highest BCUT2D eigenvalue weighted by Crippen LogP contribution is 2.23. The number of esters is 1. The van der Waals surface area contributed by atoms with Crippen molar-refractivity contribution >= 4 is 21.9 Å². The lowest BCUT2D eigenvalue weighted by atomic mass is 10.1. The van der Waals surface area contributed by atoms with Crippen molar-refractivity contribution in [3.63, 3.8) is 0 Å². The van der Waals surface area contributed by atoms with Crippen LogP contribution in [0.25, 0.3) is 11.3 Å². The van der Waals surface area contributed by atoms with Gasteiger partial charge in [0.15, 0.2) is 0 Å². The number of carbonyl (C=O) groups is 1. The summed E-state index contributed by atoms with van der Waals surface area (Å²) < 4.78 is 5.65. The Labute approximate surface area is 101 Å². The number of nitrogens with zero attached hydrogens (tertiary/aromatic N) is 1. The Morgan fingerprint density at radius 1 is 1.38 bits per heavy atom. The molecule has 16 heavy (non-hydrogen) atoms. The Hall–Kier alpha value is -1.62. The SMILES string of the molecule is COC(=O)c1cn[nH]c1-c1ccc(Br)cc1. The van der Waals surface area contributed by atoms with E-state index in [1.165, 1.54) is 13.3 Å². The second-order valence-electron chi connectivity index (χ2n) is 3.16. The minimum Gasteiger partial charge on any atom is -0.465 e. The van der Waals surface area contributed by atoms with Gasteiger partial charge in [0.2, 0.25) is 0 Å². The predicted molar refractivity (Wildman–Crippen MR) is 63.1 cm³/mol. The van der Waals surface area contributed by atoms with Crippen LogP contribution in [-0.2, 0) is 4.74 Å². The highest BCUT2D eigenvalue weighted by atomic mass is 79.9. The Morgan fingerprint density at radius 2 is 2.06 bits per heavy atom. The molecule has 2 aromatic rings. The molecule has 0 unspecified atom stereocenters. The van der Waals surface area contributed by atoms with Gasteiger partial charge in [0.1, 0.15) is 5.56 Å². The third-order valence-electron chi connectivity index (χ3n) is 2.18. The van der Waals surface area contributed by atoms with Crippen LogP contribution in [0.15, 0.2) is 34.9 Å². The zero-order chi connectivity index (χ0) is 11.5. The van der Waals surface area contributed by atoms with Gasteiger partial charge in [0.05, 0.1) is 19.0 Å². The van der Waals surface area contributed by atoms with Crippen molar-refractivity contribution in [1.29, 1.82) is 0 Å². The molecule has 1 aromatic carbocycles. The molecule has 0 saturated carbocycles. The number of ether oxygens (including phenoxy) is 1. The van der Waals surface area contributed by atoms with E-state index in [0.717, 1.165) is 10.0 Å². The molecule has 0 amide bonds. The van der Waals surface area contributed by atoms with E-state index in [4.69, 9.17) is 0 Å².